The second kappa shape index (κ2) is 8.76. The Morgan fingerprint density at radius 3 is 2.50 bits per heavy atom. The Labute approximate surface area is 157 Å². The second-order valence-corrected chi connectivity index (χ2v) is 7.92. The molecule has 26 heavy (non-hydrogen) atoms. The van der Waals surface area contributed by atoms with Gasteiger partial charge in [-0.2, -0.15) is 0 Å². The standard InChI is InChI=1S/C21H33N3O2/c1-21(11-6-3-7-12-21)22-20(25)10-13-23-14-16-24(17-15-23)18-8-4-5-9-19(18)26-2/h4-5,8-9H,3,6-7,10-17H2,1-2H3,(H,22,25). The summed E-state index contributed by atoms with van der Waals surface area (Å²) in [6.07, 6.45) is 6.63. The maximum Gasteiger partial charge on any atom is 0.221 e. The number of amides is 1. The van der Waals surface area contributed by atoms with Gasteiger partial charge in [0.2, 0.25) is 5.91 Å². The van der Waals surface area contributed by atoms with E-state index < -0.39 is 0 Å². The summed E-state index contributed by atoms with van der Waals surface area (Å²) < 4.78 is 5.48. The summed E-state index contributed by atoms with van der Waals surface area (Å²) in [7, 11) is 1.72. The number of carbonyl (C=O) groups is 1. The van der Waals surface area contributed by atoms with E-state index in [1.54, 1.807) is 7.11 Å². The number of piperazine rings is 1. The Kier molecular flexibility index (Phi) is 6.41. The highest BCUT2D eigenvalue weighted by atomic mass is 16.5. The Balaban J connectivity index is 1.42. The minimum Gasteiger partial charge on any atom is -0.495 e. The highest BCUT2D eigenvalue weighted by Crippen LogP contribution is 2.29. The number of ether oxygens (including phenoxy) is 1. The number of hydrogen-bond donors (Lipinski definition) is 1. The Morgan fingerprint density at radius 2 is 1.81 bits per heavy atom. The van der Waals surface area contributed by atoms with Crippen molar-refractivity contribution in [3.63, 3.8) is 0 Å². The fraction of sp³-hybridized carbons (Fsp3) is 0.667. The van der Waals surface area contributed by atoms with Gasteiger partial charge >= 0.3 is 0 Å². The van der Waals surface area contributed by atoms with Crippen LogP contribution in [0.4, 0.5) is 5.69 Å². The molecule has 3 rings (SSSR count). The normalized spacial score (nSPS) is 20.6. The number of nitrogens with zero attached hydrogens (tertiary/aromatic N) is 2. The Bertz CT molecular complexity index is 591. The number of para-hydroxylation sites is 2. The van der Waals surface area contributed by atoms with Gasteiger partial charge in [0, 0.05) is 44.7 Å². The number of carbonyl (C=O) groups excluding carboxylic acids is 1. The molecular weight excluding hydrogens is 326 g/mol. The number of benzene rings is 1. The van der Waals surface area contributed by atoms with Gasteiger partial charge in [-0.1, -0.05) is 31.4 Å². The molecule has 1 saturated carbocycles. The lowest BCUT2D eigenvalue weighted by Gasteiger charge is -2.37. The molecule has 0 radical (unpaired) electrons. The molecule has 0 atom stereocenters. The van der Waals surface area contributed by atoms with Gasteiger partial charge in [0.1, 0.15) is 5.75 Å². The summed E-state index contributed by atoms with van der Waals surface area (Å²) in [5.74, 6) is 1.14. The van der Waals surface area contributed by atoms with Gasteiger partial charge in [0.25, 0.3) is 0 Å². The van der Waals surface area contributed by atoms with Crippen LogP contribution in [0.25, 0.3) is 0 Å². The topological polar surface area (TPSA) is 44.8 Å². The molecule has 2 fully saturated rings. The number of methoxy groups -OCH3 is 1. The summed E-state index contributed by atoms with van der Waals surface area (Å²) in [4.78, 5) is 17.1. The molecule has 1 aromatic carbocycles. The van der Waals surface area contributed by atoms with Crippen LogP contribution in [0, 0.1) is 0 Å². The first-order valence-electron chi connectivity index (χ1n) is 10.0. The zero-order chi connectivity index (χ0) is 18.4. The van der Waals surface area contributed by atoms with Gasteiger partial charge < -0.3 is 15.0 Å². The number of nitrogens with one attached hydrogen (secondary N) is 1. The molecule has 1 heterocycles. The summed E-state index contributed by atoms with van der Waals surface area (Å²) in [5.41, 5.74) is 1.19. The van der Waals surface area contributed by atoms with E-state index in [9.17, 15) is 4.79 Å². The predicted molar refractivity (Wildman–Crippen MR) is 106 cm³/mol. The van der Waals surface area contributed by atoms with Gasteiger partial charge in [-0.15, -0.1) is 0 Å². The van der Waals surface area contributed by atoms with E-state index in [4.69, 9.17) is 4.74 Å². The molecule has 1 N–H and O–H groups in total. The number of rotatable bonds is 6. The van der Waals surface area contributed by atoms with Crippen molar-refractivity contribution < 1.29 is 9.53 Å². The first kappa shape index (κ1) is 19.0. The van der Waals surface area contributed by atoms with Crippen molar-refractivity contribution in [3.8, 4) is 5.75 Å². The van der Waals surface area contributed by atoms with Crippen LogP contribution in [0.5, 0.6) is 5.75 Å². The first-order chi connectivity index (χ1) is 12.6. The van der Waals surface area contributed by atoms with Crippen molar-refractivity contribution in [3.05, 3.63) is 24.3 Å². The molecule has 1 aliphatic heterocycles. The van der Waals surface area contributed by atoms with Gasteiger partial charge in [-0.05, 0) is 31.9 Å². The van der Waals surface area contributed by atoms with Crippen LogP contribution in [0.3, 0.4) is 0 Å². The van der Waals surface area contributed by atoms with Gasteiger partial charge in [0.05, 0.1) is 12.8 Å². The SMILES string of the molecule is COc1ccccc1N1CCN(CCC(=O)NC2(C)CCCCC2)CC1. The first-order valence-corrected chi connectivity index (χ1v) is 10.0. The lowest BCUT2D eigenvalue weighted by molar-refractivity contribution is -0.123. The van der Waals surface area contributed by atoms with Crippen molar-refractivity contribution >= 4 is 11.6 Å². The van der Waals surface area contributed by atoms with E-state index in [1.165, 1.54) is 19.3 Å². The summed E-state index contributed by atoms with van der Waals surface area (Å²) in [6.45, 7) is 6.97. The predicted octanol–water partition coefficient (Wildman–Crippen LogP) is 3.05. The fourth-order valence-corrected chi connectivity index (χ4v) is 4.22. The molecule has 5 nitrogen and oxygen atoms in total. The van der Waals surface area contributed by atoms with Crippen LogP contribution in [-0.4, -0.2) is 56.2 Å². The number of anilines is 1. The third-order valence-electron chi connectivity index (χ3n) is 5.85. The van der Waals surface area contributed by atoms with Crippen molar-refractivity contribution in [2.45, 2.75) is 51.0 Å². The van der Waals surface area contributed by atoms with Gasteiger partial charge in [-0.25, -0.2) is 0 Å². The summed E-state index contributed by atoms with van der Waals surface area (Å²) >= 11 is 0. The Hall–Kier alpha value is -1.75. The van der Waals surface area contributed by atoms with Crippen molar-refractivity contribution in [2.24, 2.45) is 0 Å². The quantitative estimate of drug-likeness (QED) is 0.848. The van der Waals surface area contributed by atoms with Crippen molar-refractivity contribution in [1.29, 1.82) is 0 Å². The maximum atomic E-state index is 12.4. The summed E-state index contributed by atoms with van der Waals surface area (Å²) in [5, 5.41) is 3.29. The minimum atomic E-state index is 0.0257. The smallest absolute Gasteiger partial charge is 0.221 e. The lowest BCUT2D eigenvalue weighted by atomic mass is 9.83. The highest BCUT2D eigenvalue weighted by molar-refractivity contribution is 5.77. The maximum absolute atomic E-state index is 12.4. The van der Waals surface area contributed by atoms with Crippen LogP contribution in [0.1, 0.15) is 45.4 Å². The molecule has 0 spiro atoms. The van der Waals surface area contributed by atoms with E-state index in [0.29, 0.717) is 6.42 Å². The zero-order valence-corrected chi connectivity index (χ0v) is 16.3. The molecule has 0 bridgehead atoms. The van der Waals surface area contributed by atoms with Crippen LogP contribution in [0.15, 0.2) is 24.3 Å². The van der Waals surface area contributed by atoms with Crippen LogP contribution >= 0.6 is 0 Å². The molecule has 1 aromatic rings. The average molecular weight is 360 g/mol. The molecule has 5 heteroatoms. The second-order valence-electron chi connectivity index (χ2n) is 7.92. The molecular formula is C21H33N3O2. The third kappa shape index (κ3) is 4.91. The Morgan fingerprint density at radius 1 is 1.12 bits per heavy atom. The van der Waals surface area contributed by atoms with E-state index in [1.807, 2.05) is 12.1 Å². The van der Waals surface area contributed by atoms with Crippen LogP contribution < -0.4 is 15.0 Å². The monoisotopic (exact) mass is 359 g/mol. The van der Waals surface area contributed by atoms with E-state index >= 15 is 0 Å². The van der Waals surface area contributed by atoms with Crippen LogP contribution in [-0.2, 0) is 4.79 Å². The van der Waals surface area contributed by atoms with E-state index in [0.717, 1.165) is 57.0 Å². The minimum absolute atomic E-state index is 0.0257. The molecule has 1 saturated heterocycles. The number of hydrogen-bond acceptors (Lipinski definition) is 4. The van der Waals surface area contributed by atoms with E-state index in [-0.39, 0.29) is 11.4 Å². The highest BCUT2D eigenvalue weighted by Gasteiger charge is 2.28. The average Bonchev–Trinajstić information content (AvgIpc) is 2.67. The zero-order valence-electron chi connectivity index (χ0n) is 16.3. The molecule has 2 aliphatic rings. The largest absolute Gasteiger partial charge is 0.495 e. The van der Waals surface area contributed by atoms with Crippen LogP contribution in [0.2, 0.25) is 0 Å². The molecule has 144 valence electrons. The summed E-state index contributed by atoms with van der Waals surface area (Å²) in [6, 6.07) is 8.19. The van der Waals surface area contributed by atoms with Gasteiger partial charge in [-0.3, -0.25) is 9.69 Å². The third-order valence-corrected chi connectivity index (χ3v) is 5.85. The lowest BCUT2D eigenvalue weighted by Crippen LogP contribution is -2.50. The molecule has 1 aliphatic carbocycles. The molecule has 0 aromatic heterocycles. The van der Waals surface area contributed by atoms with Crippen molar-refractivity contribution in [1.82, 2.24) is 10.2 Å². The van der Waals surface area contributed by atoms with Crippen molar-refractivity contribution in [2.75, 3.05) is 44.7 Å². The fourth-order valence-electron chi connectivity index (χ4n) is 4.22. The van der Waals surface area contributed by atoms with E-state index in [2.05, 4.69) is 34.2 Å². The van der Waals surface area contributed by atoms with Gasteiger partial charge in [0.15, 0.2) is 0 Å². The molecule has 1 amide bonds. The molecule has 0 unspecified atom stereocenters.